The van der Waals surface area contributed by atoms with E-state index in [1.807, 2.05) is 18.2 Å². The molecule has 112 valence electrons. The van der Waals surface area contributed by atoms with Gasteiger partial charge in [-0.05, 0) is 25.6 Å². The van der Waals surface area contributed by atoms with Crippen LogP contribution in [0.25, 0.3) is 0 Å². The molecule has 0 aliphatic heterocycles. The van der Waals surface area contributed by atoms with Crippen LogP contribution >= 0.6 is 0 Å². The molecular weight excluding hydrogens is 254 g/mol. The number of methoxy groups -OCH3 is 1. The van der Waals surface area contributed by atoms with Gasteiger partial charge in [0.25, 0.3) is 0 Å². The van der Waals surface area contributed by atoms with E-state index in [2.05, 4.69) is 29.4 Å². The highest BCUT2D eigenvalue weighted by Gasteiger charge is 2.14. The highest BCUT2D eigenvalue weighted by molar-refractivity contribution is 5.80. The van der Waals surface area contributed by atoms with Gasteiger partial charge in [-0.25, -0.2) is 0 Å². The quantitative estimate of drug-likeness (QED) is 0.650. The van der Waals surface area contributed by atoms with E-state index < -0.39 is 6.10 Å². The first-order valence-corrected chi connectivity index (χ1v) is 6.90. The lowest BCUT2D eigenvalue weighted by molar-refractivity contribution is -0.130. The minimum Gasteiger partial charge on any atom is -0.370 e. The Morgan fingerprint density at radius 1 is 1.40 bits per heavy atom. The number of nitrogens with one attached hydrogen (secondary N) is 1. The van der Waals surface area contributed by atoms with Crippen LogP contribution < -0.4 is 11.1 Å². The molecule has 1 unspecified atom stereocenters. The summed E-state index contributed by atoms with van der Waals surface area (Å²) in [4.78, 5) is 13.8. The molecule has 0 bridgehead atoms. The number of benzene rings is 1. The summed E-state index contributed by atoms with van der Waals surface area (Å²) in [7, 11) is 3.57. The number of nitrogens with two attached hydrogens (primary N) is 1. The van der Waals surface area contributed by atoms with Crippen molar-refractivity contribution in [2.75, 3.05) is 33.8 Å². The van der Waals surface area contributed by atoms with Gasteiger partial charge in [0.15, 0.2) is 0 Å². The van der Waals surface area contributed by atoms with E-state index in [1.54, 1.807) is 0 Å². The molecule has 0 fully saturated rings. The van der Waals surface area contributed by atoms with Crippen LogP contribution in [0.1, 0.15) is 12.0 Å². The minimum absolute atomic E-state index is 0.138. The van der Waals surface area contributed by atoms with Gasteiger partial charge in [-0.1, -0.05) is 30.3 Å². The molecule has 0 aliphatic rings. The zero-order chi connectivity index (χ0) is 14.8. The van der Waals surface area contributed by atoms with E-state index in [0.29, 0.717) is 6.54 Å². The first-order chi connectivity index (χ1) is 9.67. The Kier molecular flexibility index (Phi) is 7.87. The number of carbonyl (C=O) groups is 1. The second-order valence-electron chi connectivity index (χ2n) is 4.83. The van der Waals surface area contributed by atoms with Gasteiger partial charge >= 0.3 is 0 Å². The van der Waals surface area contributed by atoms with E-state index in [0.717, 1.165) is 19.5 Å². The number of hydrogen-bond acceptors (Lipinski definition) is 4. The van der Waals surface area contributed by atoms with E-state index in [1.165, 1.54) is 12.7 Å². The Labute approximate surface area is 121 Å². The average Bonchev–Trinajstić information content (AvgIpc) is 2.46. The van der Waals surface area contributed by atoms with Crippen molar-refractivity contribution in [2.45, 2.75) is 19.1 Å². The van der Waals surface area contributed by atoms with E-state index in [4.69, 9.17) is 10.5 Å². The molecule has 0 spiro atoms. The molecule has 5 heteroatoms. The molecule has 0 radical (unpaired) electrons. The molecule has 0 saturated carbocycles. The fraction of sp³-hybridized carbons (Fsp3) is 0.533. The van der Waals surface area contributed by atoms with Crippen LogP contribution in [0.15, 0.2) is 30.3 Å². The minimum atomic E-state index is -0.544. The summed E-state index contributed by atoms with van der Waals surface area (Å²) in [5, 5.41) is 2.83. The van der Waals surface area contributed by atoms with Crippen molar-refractivity contribution in [3.05, 3.63) is 35.9 Å². The van der Waals surface area contributed by atoms with Crippen molar-refractivity contribution < 1.29 is 9.53 Å². The first kappa shape index (κ1) is 16.6. The number of nitrogens with zero attached hydrogens (tertiary/aromatic N) is 1. The normalized spacial score (nSPS) is 12.4. The maximum atomic E-state index is 11.6. The topological polar surface area (TPSA) is 67.6 Å². The fourth-order valence-corrected chi connectivity index (χ4v) is 1.96. The number of carbonyl (C=O) groups excluding carboxylic acids is 1. The Hall–Kier alpha value is -1.43. The third kappa shape index (κ3) is 6.14. The molecule has 0 heterocycles. The zero-order valence-electron chi connectivity index (χ0n) is 12.3. The highest BCUT2D eigenvalue weighted by Crippen LogP contribution is 2.02. The predicted molar refractivity (Wildman–Crippen MR) is 80.3 cm³/mol. The molecule has 0 saturated heterocycles. The highest BCUT2D eigenvalue weighted by atomic mass is 16.5. The number of rotatable bonds is 9. The zero-order valence-corrected chi connectivity index (χ0v) is 12.3. The first-order valence-electron chi connectivity index (χ1n) is 6.90. The molecule has 1 aromatic rings. The summed E-state index contributed by atoms with van der Waals surface area (Å²) in [5.74, 6) is -0.138. The second kappa shape index (κ2) is 9.47. The van der Waals surface area contributed by atoms with Gasteiger partial charge in [-0.3, -0.25) is 4.79 Å². The van der Waals surface area contributed by atoms with Gasteiger partial charge in [0, 0.05) is 26.7 Å². The molecule has 1 rings (SSSR count). The predicted octanol–water partition coefficient (Wildman–Crippen LogP) is 0.598. The van der Waals surface area contributed by atoms with Crippen molar-refractivity contribution in [3.63, 3.8) is 0 Å². The third-order valence-corrected chi connectivity index (χ3v) is 3.10. The van der Waals surface area contributed by atoms with Crippen molar-refractivity contribution in [2.24, 2.45) is 5.73 Å². The van der Waals surface area contributed by atoms with Crippen LogP contribution in [0.3, 0.4) is 0 Å². The van der Waals surface area contributed by atoms with Crippen LogP contribution in [0.4, 0.5) is 0 Å². The summed E-state index contributed by atoms with van der Waals surface area (Å²) in [6.07, 6.45) is 0.354. The molecule has 0 aliphatic carbocycles. The monoisotopic (exact) mass is 279 g/mol. The molecule has 1 aromatic carbocycles. The molecule has 1 amide bonds. The van der Waals surface area contributed by atoms with Crippen molar-refractivity contribution in [1.29, 1.82) is 0 Å². The number of amides is 1. The van der Waals surface area contributed by atoms with Gasteiger partial charge in [-0.2, -0.15) is 0 Å². The maximum Gasteiger partial charge on any atom is 0.250 e. The molecule has 0 aromatic heterocycles. The lowest BCUT2D eigenvalue weighted by Crippen LogP contribution is -2.41. The largest absolute Gasteiger partial charge is 0.370 e. The smallest absolute Gasteiger partial charge is 0.250 e. The van der Waals surface area contributed by atoms with Gasteiger partial charge in [0.05, 0.1) is 0 Å². The van der Waals surface area contributed by atoms with Crippen LogP contribution in [-0.4, -0.2) is 50.7 Å². The molecule has 20 heavy (non-hydrogen) atoms. The van der Waals surface area contributed by atoms with Crippen LogP contribution in [-0.2, 0) is 16.1 Å². The van der Waals surface area contributed by atoms with Crippen molar-refractivity contribution >= 4 is 5.91 Å². The van der Waals surface area contributed by atoms with Crippen LogP contribution in [0.2, 0.25) is 0 Å². The summed E-state index contributed by atoms with van der Waals surface area (Å²) in [6.45, 7) is 2.68. The van der Waals surface area contributed by atoms with E-state index in [-0.39, 0.29) is 12.5 Å². The van der Waals surface area contributed by atoms with E-state index in [9.17, 15) is 4.79 Å². The van der Waals surface area contributed by atoms with Crippen LogP contribution in [0, 0.1) is 0 Å². The molecule has 1 atom stereocenters. The second-order valence-corrected chi connectivity index (χ2v) is 4.83. The lowest BCUT2D eigenvalue weighted by Gasteiger charge is -2.17. The van der Waals surface area contributed by atoms with Gasteiger partial charge in [0.1, 0.15) is 6.10 Å². The lowest BCUT2D eigenvalue weighted by atomic mass is 10.2. The molecule has 5 nitrogen and oxygen atoms in total. The fourth-order valence-electron chi connectivity index (χ4n) is 1.96. The SMILES string of the molecule is COC(CN)C(=O)NCCCN(C)Cc1ccccc1. The number of ether oxygens (including phenoxy) is 1. The number of hydrogen-bond donors (Lipinski definition) is 2. The maximum absolute atomic E-state index is 11.6. The van der Waals surface area contributed by atoms with E-state index >= 15 is 0 Å². The Bertz CT molecular complexity index is 380. The van der Waals surface area contributed by atoms with Gasteiger partial charge in [0.2, 0.25) is 5.91 Å². The standard InChI is InChI=1S/C15H25N3O2/c1-18(12-13-7-4-3-5-8-13)10-6-9-17-15(19)14(11-16)20-2/h3-5,7-8,14H,6,9-12,16H2,1-2H3,(H,17,19). The summed E-state index contributed by atoms with van der Waals surface area (Å²) >= 11 is 0. The summed E-state index contributed by atoms with van der Waals surface area (Å²) < 4.78 is 4.97. The Balaban J connectivity index is 2.16. The molecular formula is C15H25N3O2. The van der Waals surface area contributed by atoms with Gasteiger partial charge < -0.3 is 20.7 Å². The third-order valence-electron chi connectivity index (χ3n) is 3.10. The summed E-state index contributed by atoms with van der Waals surface area (Å²) in [6, 6.07) is 10.3. The van der Waals surface area contributed by atoms with Crippen molar-refractivity contribution in [1.82, 2.24) is 10.2 Å². The molecule has 3 N–H and O–H groups in total. The Morgan fingerprint density at radius 3 is 2.70 bits per heavy atom. The van der Waals surface area contributed by atoms with Gasteiger partial charge in [-0.15, -0.1) is 0 Å². The average molecular weight is 279 g/mol. The van der Waals surface area contributed by atoms with Crippen LogP contribution in [0.5, 0.6) is 0 Å². The summed E-state index contributed by atoms with van der Waals surface area (Å²) in [5.41, 5.74) is 6.72. The Morgan fingerprint density at radius 2 is 2.10 bits per heavy atom. The van der Waals surface area contributed by atoms with Crippen molar-refractivity contribution in [3.8, 4) is 0 Å².